The van der Waals surface area contributed by atoms with E-state index in [9.17, 15) is 0 Å². The minimum absolute atomic E-state index is 0.344. The summed E-state index contributed by atoms with van der Waals surface area (Å²) in [6, 6.07) is 9.90. The highest BCUT2D eigenvalue weighted by molar-refractivity contribution is 7.09. The molecule has 0 saturated carbocycles. The Hall–Kier alpha value is -2.12. The number of nitrogens with zero attached hydrogens (tertiary/aromatic N) is 4. The van der Waals surface area contributed by atoms with Crippen molar-refractivity contribution >= 4 is 26.4 Å². The summed E-state index contributed by atoms with van der Waals surface area (Å²) < 4.78 is 18.6. The Labute approximate surface area is 147 Å². The third-order valence-electron chi connectivity index (χ3n) is 3.78. The number of benzene rings is 1. The number of anilines is 1. The summed E-state index contributed by atoms with van der Waals surface area (Å²) in [5.41, 5.74) is 8.10. The average molecular weight is 361 g/mol. The van der Waals surface area contributed by atoms with Crippen molar-refractivity contribution in [1.82, 2.24) is 19.5 Å². The largest absolute Gasteiger partial charge is 0.382 e. The van der Waals surface area contributed by atoms with E-state index in [-0.39, 0.29) is 6.10 Å². The molecule has 8 nitrogen and oxygen atoms in total. The molecule has 0 spiro atoms. The lowest BCUT2D eigenvalue weighted by Gasteiger charge is -2.25. The van der Waals surface area contributed by atoms with Crippen LogP contribution in [0, 0.1) is 0 Å². The third-order valence-corrected chi connectivity index (χ3v) is 4.05. The molecule has 2 aromatic heterocycles. The highest BCUT2D eigenvalue weighted by Crippen LogP contribution is 2.18. The fourth-order valence-corrected chi connectivity index (χ4v) is 2.80. The number of hydrogen-bond donors (Lipinski definition) is 1. The van der Waals surface area contributed by atoms with E-state index >= 15 is 0 Å². The van der Waals surface area contributed by atoms with E-state index in [0.29, 0.717) is 30.1 Å². The molecule has 0 aliphatic carbocycles. The highest BCUT2D eigenvalue weighted by Gasteiger charge is 2.24. The Morgan fingerprint density at radius 2 is 2.00 bits per heavy atom. The van der Waals surface area contributed by atoms with Crippen molar-refractivity contribution in [2.45, 2.75) is 25.5 Å². The molecule has 25 heavy (non-hydrogen) atoms. The van der Waals surface area contributed by atoms with Gasteiger partial charge in [-0.15, -0.1) is 0 Å². The monoisotopic (exact) mass is 361 g/mol. The Morgan fingerprint density at radius 3 is 2.72 bits per heavy atom. The van der Waals surface area contributed by atoms with Gasteiger partial charge in [-0.05, 0) is 5.56 Å². The molecule has 3 aromatic rings. The average Bonchev–Trinajstić information content (AvgIpc) is 3.06. The van der Waals surface area contributed by atoms with Crippen molar-refractivity contribution in [3.05, 3.63) is 48.5 Å². The van der Waals surface area contributed by atoms with E-state index in [1.54, 1.807) is 13.4 Å². The van der Waals surface area contributed by atoms with Crippen LogP contribution in [0.1, 0.15) is 5.56 Å². The van der Waals surface area contributed by atoms with Gasteiger partial charge in [0, 0.05) is 16.6 Å². The molecule has 0 aliphatic rings. The van der Waals surface area contributed by atoms with Gasteiger partial charge in [0.1, 0.15) is 17.9 Å². The Balaban J connectivity index is 1.80. The smallest absolute Gasteiger partial charge is 0.188 e. The molecule has 1 aromatic carbocycles. The van der Waals surface area contributed by atoms with Gasteiger partial charge < -0.3 is 24.3 Å². The normalized spacial score (nSPS) is 13.8. The molecule has 3 rings (SSSR count). The van der Waals surface area contributed by atoms with Crippen LogP contribution in [0.5, 0.6) is 0 Å². The lowest BCUT2D eigenvalue weighted by molar-refractivity contribution is -0.151. The predicted molar refractivity (Wildman–Crippen MR) is 96.3 cm³/mol. The molecule has 2 heterocycles. The number of aromatic nitrogens is 4. The van der Waals surface area contributed by atoms with Gasteiger partial charge >= 0.3 is 0 Å². The SMILES string of the molecule is COC(OP)C(Cn1cnc2c(N)ncnc21)OCc1ccccc1. The number of rotatable bonds is 8. The van der Waals surface area contributed by atoms with Crippen LogP contribution in [0.3, 0.4) is 0 Å². The van der Waals surface area contributed by atoms with E-state index in [2.05, 4.69) is 24.4 Å². The first-order valence-corrected chi connectivity index (χ1v) is 8.15. The summed E-state index contributed by atoms with van der Waals surface area (Å²) in [4.78, 5) is 12.5. The first-order chi connectivity index (χ1) is 12.2. The summed E-state index contributed by atoms with van der Waals surface area (Å²) >= 11 is 0. The van der Waals surface area contributed by atoms with Crippen LogP contribution in [0.4, 0.5) is 5.82 Å². The minimum Gasteiger partial charge on any atom is -0.382 e. The zero-order chi connectivity index (χ0) is 17.6. The Morgan fingerprint density at radius 1 is 1.20 bits per heavy atom. The predicted octanol–water partition coefficient (Wildman–Crippen LogP) is 1.77. The van der Waals surface area contributed by atoms with Crippen molar-refractivity contribution in [3.8, 4) is 0 Å². The lowest BCUT2D eigenvalue weighted by atomic mass is 10.2. The molecular weight excluding hydrogens is 341 g/mol. The molecular formula is C16H20N5O3P. The van der Waals surface area contributed by atoms with Crippen molar-refractivity contribution in [1.29, 1.82) is 0 Å². The molecule has 3 atom stereocenters. The van der Waals surface area contributed by atoms with Gasteiger partial charge in [0.2, 0.25) is 0 Å². The number of nitrogen functional groups attached to an aromatic ring is 1. The fourth-order valence-electron chi connectivity index (χ4n) is 2.52. The van der Waals surface area contributed by atoms with Crippen molar-refractivity contribution in [2.24, 2.45) is 0 Å². The topological polar surface area (TPSA) is 97.3 Å². The number of nitrogens with two attached hydrogens (primary N) is 1. The molecule has 0 saturated heterocycles. The van der Waals surface area contributed by atoms with Gasteiger partial charge in [-0.2, -0.15) is 0 Å². The second kappa shape index (κ2) is 8.31. The highest BCUT2D eigenvalue weighted by atomic mass is 31.0. The van der Waals surface area contributed by atoms with Crippen LogP contribution in [-0.4, -0.2) is 39.0 Å². The van der Waals surface area contributed by atoms with Crippen molar-refractivity contribution < 1.29 is 14.0 Å². The first-order valence-electron chi connectivity index (χ1n) is 7.68. The molecule has 0 bridgehead atoms. The third kappa shape index (κ3) is 4.11. The zero-order valence-electron chi connectivity index (χ0n) is 13.8. The van der Waals surface area contributed by atoms with Crippen LogP contribution < -0.4 is 5.73 Å². The van der Waals surface area contributed by atoms with Crippen molar-refractivity contribution in [2.75, 3.05) is 12.8 Å². The first kappa shape index (κ1) is 17.7. The van der Waals surface area contributed by atoms with Crippen LogP contribution >= 0.6 is 9.47 Å². The summed E-state index contributed by atoms with van der Waals surface area (Å²) in [5, 5.41) is 0. The van der Waals surface area contributed by atoms with Crippen LogP contribution in [0.2, 0.25) is 0 Å². The molecule has 2 N–H and O–H groups in total. The van der Waals surface area contributed by atoms with E-state index in [0.717, 1.165) is 5.56 Å². The molecule has 0 fully saturated rings. The van der Waals surface area contributed by atoms with Crippen LogP contribution in [0.15, 0.2) is 43.0 Å². The summed E-state index contributed by atoms with van der Waals surface area (Å²) in [6.45, 7) is 0.871. The number of ether oxygens (including phenoxy) is 2. The molecule has 0 aliphatic heterocycles. The fraction of sp³-hybridized carbons (Fsp3) is 0.312. The molecule has 9 heteroatoms. The van der Waals surface area contributed by atoms with Crippen molar-refractivity contribution in [3.63, 3.8) is 0 Å². The van der Waals surface area contributed by atoms with E-state index in [1.165, 1.54) is 6.33 Å². The van der Waals surface area contributed by atoms with E-state index in [1.807, 2.05) is 34.9 Å². The van der Waals surface area contributed by atoms with Gasteiger partial charge in [-0.3, -0.25) is 0 Å². The summed E-state index contributed by atoms with van der Waals surface area (Å²) in [6.07, 6.45) is 2.13. The van der Waals surface area contributed by atoms with E-state index < -0.39 is 6.29 Å². The second-order valence-corrected chi connectivity index (χ2v) is 5.68. The maximum Gasteiger partial charge on any atom is 0.188 e. The number of fused-ring (bicyclic) bond motifs is 1. The number of imidazole rings is 1. The summed E-state index contributed by atoms with van der Waals surface area (Å²) in [5.74, 6) is 0.344. The molecule has 0 amide bonds. The van der Waals surface area contributed by atoms with Gasteiger partial charge in [-0.1, -0.05) is 30.3 Å². The van der Waals surface area contributed by atoms with Gasteiger partial charge in [-0.25, -0.2) is 15.0 Å². The maximum absolute atomic E-state index is 6.04. The van der Waals surface area contributed by atoms with Gasteiger partial charge in [0.25, 0.3) is 0 Å². The summed E-state index contributed by atoms with van der Waals surface area (Å²) in [7, 11) is 3.78. The quantitative estimate of drug-likeness (QED) is 0.482. The number of methoxy groups -OCH3 is 1. The Kier molecular flexibility index (Phi) is 5.88. The lowest BCUT2D eigenvalue weighted by Crippen LogP contribution is -2.35. The molecule has 0 radical (unpaired) electrons. The zero-order valence-corrected chi connectivity index (χ0v) is 14.9. The van der Waals surface area contributed by atoms with Gasteiger partial charge in [0.05, 0.1) is 19.5 Å². The molecule has 3 unspecified atom stereocenters. The Bertz CT molecular complexity index is 810. The van der Waals surface area contributed by atoms with Crippen LogP contribution in [-0.2, 0) is 27.1 Å². The maximum atomic E-state index is 6.04. The van der Waals surface area contributed by atoms with Gasteiger partial charge in [0.15, 0.2) is 17.8 Å². The van der Waals surface area contributed by atoms with Crippen LogP contribution in [0.25, 0.3) is 11.2 Å². The minimum atomic E-state index is -0.564. The van der Waals surface area contributed by atoms with E-state index in [4.69, 9.17) is 19.7 Å². The number of hydrogen-bond acceptors (Lipinski definition) is 7. The molecule has 132 valence electrons. The standard InChI is InChI=1S/C16H20N5O3P/c1-22-16(24-25)12(23-8-11-5-3-2-4-6-11)7-21-10-20-13-14(17)18-9-19-15(13)21/h2-6,9-10,12,16H,7-8,25H2,1H3,(H2,17,18,19). The second-order valence-electron chi connectivity index (χ2n) is 5.40.